The second kappa shape index (κ2) is 2.94. The maximum atomic E-state index is 8.08. The molecule has 1 atom stereocenters. The number of aliphatic hydroxyl groups is 1. The van der Waals surface area contributed by atoms with Gasteiger partial charge in [-0.2, -0.15) is 0 Å². The van der Waals surface area contributed by atoms with Gasteiger partial charge in [-0.3, -0.25) is 0 Å². The third-order valence-corrected chi connectivity index (χ3v) is 1.27. The van der Waals surface area contributed by atoms with Crippen LogP contribution in [0.3, 0.4) is 0 Å². The van der Waals surface area contributed by atoms with Crippen molar-refractivity contribution in [1.82, 2.24) is 0 Å². The molecule has 0 bridgehead atoms. The Labute approximate surface area is 44.1 Å². The summed E-state index contributed by atoms with van der Waals surface area (Å²) in [6.45, 7) is 0. The number of halogens is 2. The second-order valence-electron chi connectivity index (χ2n) is 0.589. The highest BCUT2D eigenvalue weighted by Crippen LogP contribution is 1.92. The normalized spacial score (nSPS) is 15.0. The van der Waals surface area contributed by atoms with E-state index in [1.807, 2.05) is 0 Å². The van der Waals surface area contributed by atoms with Crippen LogP contribution in [0.2, 0.25) is 0 Å². The first-order valence-electron chi connectivity index (χ1n) is 1.15. The van der Waals surface area contributed by atoms with Gasteiger partial charge in [0.1, 0.15) is 5.56 Å². The average molecular weight is 159 g/mol. The Morgan fingerprint density at radius 3 is 2.20 bits per heavy atom. The fourth-order valence-electron chi connectivity index (χ4n) is 0. The van der Waals surface area contributed by atoms with Crippen molar-refractivity contribution in [2.45, 2.75) is 5.56 Å². The van der Waals surface area contributed by atoms with Crippen LogP contribution in [0.1, 0.15) is 0 Å². The fraction of sp³-hybridized carbons (Fsp3) is 1.00. The molecule has 0 aromatic carbocycles. The zero-order valence-electron chi connectivity index (χ0n) is 2.49. The molecule has 0 amide bonds. The Morgan fingerprint density at radius 1 is 2.00 bits per heavy atom. The highest BCUT2D eigenvalue weighted by molar-refractivity contribution is 9.09. The topological polar surface area (TPSA) is 20.2 Å². The summed E-state index contributed by atoms with van der Waals surface area (Å²) in [5, 5.41) is 8.52. The maximum Gasteiger partial charge on any atom is 0.137 e. The van der Waals surface area contributed by atoms with Crippen LogP contribution in [-0.4, -0.2) is 16.0 Å². The zero-order valence-corrected chi connectivity index (χ0v) is 4.83. The standard InChI is InChI=1S/C2H4BrClO/c3-1-2(4)5/h2,5H,1H2/t2-/m1/s1. The molecule has 0 aliphatic heterocycles. The molecule has 0 heterocycles. The predicted octanol–water partition coefficient (Wildman–Crippen LogP) is 0.939. The average Bonchev–Trinajstić information content (AvgIpc) is 1.38. The van der Waals surface area contributed by atoms with Gasteiger partial charge in [-0.1, -0.05) is 27.5 Å². The smallest absolute Gasteiger partial charge is 0.137 e. The number of hydrogen-bond donors (Lipinski definition) is 1. The third kappa shape index (κ3) is 4.73. The molecule has 5 heavy (non-hydrogen) atoms. The second-order valence-corrected chi connectivity index (χ2v) is 1.74. The van der Waals surface area contributed by atoms with Gasteiger partial charge in [-0.15, -0.1) is 0 Å². The number of alkyl halides is 2. The van der Waals surface area contributed by atoms with Crippen molar-refractivity contribution >= 4 is 27.5 Å². The minimum absolute atomic E-state index is 0.439. The lowest BCUT2D eigenvalue weighted by molar-refractivity contribution is 0.282. The van der Waals surface area contributed by atoms with Crippen LogP contribution >= 0.6 is 27.5 Å². The van der Waals surface area contributed by atoms with Gasteiger partial charge in [0.2, 0.25) is 0 Å². The van der Waals surface area contributed by atoms with Crippen molar-refractivity contribution in [3.8, 4) is 0 Å². The molecule has 0 rings (SSSR count). The minimum Gasteiger partial charge on any atom is -0.377 e. The first-order valence-corrected chi connectivity index (χ1v) is 2.71. The maximum absolute atomic E-state index is 8.08. The van der Waals surface area contributed by atoms with Crippen molar-refractivity contribution in [1.29, 1.82) is 0 Å². The van der Waals surface area contributed by atoms with Crippen molar-refractivity contribution in [3.63, 3.8) is 0 Å². The van der Waals surface area contributed by atoms with E-state index in [0.717, 1.165) is 0 Å². The molecule has 0 unspecified atom stereocenters. The summed E-state index contributed by atoms with van der Waals surface area (Å²) in [5.41, 5.74) is -0.727. The Bertz CT molecular complexity index is 23.6. The van der Waals surface area contributed by atoms with Crippen LogP contribution in [-0.2, 0) is 0 Å². The Balaban J connectivity index is 2.54. The highest BCUT2D eigenvalue weighted by atomic mass is 79.9. The number of hydrogen-bond acceptors (Lipinski definition) is 1. The summed E-state index contributed by atoms with van der Waals surface area (Å²) in [7, 11) is 0. The van der Waals surface area contributed by atoms with Gasteiger partial charge in [-0.25, -0.2) is 0 Å². The van der Waals surface area contributed by atoms with Gasteiger partial charge in [0.05, 0.1) is 0 Å². The zero-order chi connectivity index (χ0) is 4.28. The Kier molecular flexibility index (Phi) is 3.37. The molecule has 3 heteroatoms. The molecule has 32 valence electrons. The van der Waals surface area contributed by atoms with Gasteiger partial charge in [-0.05, 0) is 0 Å². The predicted molar refractivity (Wildman–Crippen MR) is 25.7 cm³/mol. The summed E-state index contributed by atoms with van der Waals surface area (Å²) >= 11 is 7.90. The van der Waals surface area contributed by atoms with Gasteiger partial charge < -0.3 is 5.11 Å². The van der Waals surface area contributed by atoms with E-state index in [4.69, 9.17) is 16.7 Å². The van der Waals surface area contributed by atoms with E-state index in [2.05, 4.69) is 15.9 Å². The van der Waals surface area contributed by atoms with E-state index < -0.39 is 5.56 Å². The molecule has 0 aromatic heterocycles. The Hall–Kier alpha value is 0.730. The summed E-state index contributed by atoms with van der Waals surface area (Å²) in [6.07, 6.45) is 0. The minimum atomic E-state index is -0.727. The van der Waals surface area contributed by atoms with Gasteiger partial charge in [0, 0.05) is 5.33 Å². The van der Waals surface area contributed by atoms with Gasteiger partial charge in [0.15, 0.2) is 0 Å². The molecule has 0 fully saturated rings. The molecule has 0 aliphatic rings. The molecular weight excluding hydrogens is 155 g/mol. The van der Waals surface area contributed by atoms with Gasteiger partial charge >= 0.3 is 0 Å². The molecule has 0 radical (unpaired) electrons. The first-order chi connectivity index (χ1) is 2.27. The molecule has 0 saturated heterocycles. The lowest BCUT2D eigenvalue weighted by Crippen LogP contribution is -1.93. The molecular formula is C2H4BrClO. The molecule has 1 N–H and O–H groups in total. The van der Waals surface area contributed by atoms with Crippen LogP contribution in [0.4, 0.5) is 0 Å². The van der Waals surface area contributed by atoms with E-state index in [-0.39, 0.29) is 0 Å². The van der Waals surface area contributed by atoms with E-state index in [1.165, 1.54) is 0 Å². The van der Waals surface area contributed by atoms with E-state index >= 15 is 0 Å². The SMILES string of the molecule is O[C@@H](Cl)CBr. The van der Waals surface area contributed by atoms with Crippen LogP contribution in [0.5, 0.6) is 0 Å². The molecule has 0 saturated carbocycles. The molecule has 0 aromatic rings. The molecule has 0 aliphatic carbocycles. The number of rotatable bonds is 1. The largest absolute Gasteiger partial charge is 0.377 e. The number of aliphatic hydroxyl groups excluding tert-OH is 1. The van der Waals surface area contributed by atoms with Crippen molar-refractivity contribution in [2.75, 3.05) is 5.33 Å². The highest BCUT2D eigenvalue weighted by Gasteiger charge is 1.86. The van der Waals surface area contributed by atoms with Crippen LogP contribution < -0.4 is 0 Å². The lowest BCUT2D eigenvalue weighted by atomic mass is 10.9. The van der Waals surface area contributed by atoms with E-state index in [0.29, 0.717) is 5.33 Å². The monoisotopic (exact) mass is 158 g/mol. The van der Waals surface area contributed by atoms with E-state index in [1.54, 1.807) is 0 Å². The van der Waals surface area contributed by atoms with Crippen LogP contribution in [0.15, 0.2) is 0 Å². The fourth-order valence-corrected chi connectivity index (χ4v) is 0. The quantitative estimate of drug-likeness (QED) is 0.565. The summed E-state index contributed by atoms with van der Waals surface area (Å²) < 4.78 is 0. The van der Waals surface area contributed by atoms with E-state index in [9.17, 15) is 0 Å². The van der Waals surface area contributed by atoms with Gasteiger partial charge in [0.25, 0.3) is 0 Å². The van der Waals surface area contributed by atoms with Crippen molar-refractivity contribution in [2.24, 2.45) is 0 Å². The van der Waals surface area contributed by atoms with Crippen LogP contribution in [0, 0.1) is 0 Å². The Morgan fingerprint density at radius 2 is 2.20 bits per heavy atom. The summed E-state index contributed by atoms with van der Waals surface area (Å²) in [6, 6.07) is 0. The lowest BCUT2D eigenvalue weighted by Gasteiger charge is -1.85. The summed E-state index contributed by atoms with van der Waals surface area (Å²) in [5.74, 6) is 0. The first kappa shape index (κ1) is 5.73. The third-order valence-electron chi connectivity index (χ3n) is 0.127. The van der Waals surface area contributed by atoms with Crippen molar-refractivity contribution in [3.05, 3.63) is 0 Å². The van der Waals surface area contributed by atoms with Crippen LogP contribution in [0.25, 0.3) is 0 Å². The molecule has 1 nitrogen and oxygen atoms in total. The summed E-state index contributed by atoms with van der Waals surface area (Å²) in [4.78, 5) is 0. The molecule has 0 spiro atoms. The van der Waals surface area contributed by atoms with Crippen molar-refractivity contribution < 1.29 is 5.11 Å².